The molecule has 1 amide bonds. The molecule has 5 nitrogen and oxygen atoms in total. The third-order valence-electron chi connectivity index (χ3n) is 4.36. The predicted molar refractivity (Wildman–Crippen MR) is 115 cm³/mol. The molecule has 1 heterocycles. The molecule has 7 heteroatoms. The molecule has 1 atom stereocenters. The quantitative estimate of drug-likeness (QED) is 0.681. The standard InChI is InChI=1S/C20H21ClN4OS/c1-12-17(19(26)23-15-8-6-14(21)7-9-15)18(24-20(27)22-12)13-4-10-16(11-5-13)25(2)3/h4-11,18H,1-3H3,(H,23,26)(H2,22,24,27)/t18-/m0/s1. The van der Waals surface area contributed by atoms with E-state index in [9.17, 15) is 4.79 Å². The highest BCUT2D eigenvalue weighted by molar-refractivity contribution is 7.80. The lowest BCUT2D eigenvalue weighted by Crippen LogP contribution is -2.45. The normalized spacial score (nSPS) is 16.4. The second-order valence-electron chi connectivity index (χ2n) is 6.52. The van der Waals surface area contributed by atoms with Crippen LogP contribution in [0.5, 0.6) is 0 Å². The van der Waals surface area contributed by atoms with Crippen molar-refractivity contribution in [2.75, 3.05) is 24.3 Å². The third-order valence-corrected chi connectivity index (χ3v) is 4.83. The molecule has 0 bridgehead atoms. The molecule has 3 rings (SSSR count). The molecule has 0 spiro atoms. The zero-order chi connectivity index (χ0) is 19.6. The first-order valence-electron chi connectivity index (χ1n) is 8.47. The van der Waals surface area contributed by atoms with E-state index in [0.717, 1.165) is 16.9 Å². The minimum Gasteiger partial charge on any atom is -0.378 e. The molecule has 0 saturated carbocycles. The van der Waals surface area contributed by atoms with E-state index in [0.29, 0.717) is 21.4 Å². The van der Waals surface area contributed by atoms with Crippen LogP contribution in [-0.4, -0.2) is 25.1 Å². The van der Waals surface area contributed by atoms with Crippen molar-refractivity contribution in [2.24, 2.45) is 0 Å². The molecular weight excluding hydrogens is 380 g/mol. The van der Waals surface area contributed by atoms with Crippen LogP contribution in [0.2, 0.25) is 5.02 Å². The SMILES string of the molecule is CC1=C(C(=O)Nc2ccc(Cl)cc2)[C@H](c2ccc(N(C)C)cc2)NC(=S)N1. The average Bonchev–Trinajstić information content (AvgIpc) is 2.63. The van der Waals surface area contributed by atoms with Gasteiger partial charge >= 0.3 is 0 Å². The van der Waals surface area contributed by atoms with Gasteiger partial charge in [-0.2, -0.15) is 0 Å². The molecule has 0 radical (unpaired) electrons. The van der Waals surface area contributed by atoms with Crippen molar-refractivity contribution >= 4 is 46.2 Å². The Labute approximate surface area is 169 Å². The highest BCUT2D eigenvalue weighted by atomic mass is 35.5. The lowest BCUT2D eigenvalue weighted by Gasteiger charge is -2.30. The fourth-order valence-corrected chi connectivity index (χ4v) is 3.34. The second-order valence-corrected chi connectivity index (χ2v) is 7.36. The number of allylic oxidation sites excluding steroid dienone is 1. The summed E-state index contributed by atoms with van der Waals surface area (Å²) < 4.78 is 0. The van der Waals surface area contributed by atoms with Crippen molar-refractivity contribution in [2.45, 2.75) is 13.0 Å². The van der Waals surface area contributed by atoms with Gasteiger partial charge in [0.25, 0.3) is 5.91 Å². The number of carbonyl (C=O) groups excluding carboxylic acids is 1. The van der Waals surface area contributed by atoms with Crippen molar-refractivity contribution in [3.05, 3.63) is 70.4 Å². The van der Waals surface area contributed by atoms with Crippen LogP contribution in [0.3, 0.4) is 0 Å². The van der Waals surface area contributed by atoms with Crippen molar-refractivity contribution in [3.8, 4) is 0 Å². The monoisotopic (exact) mass is 400 g/mol. The summed E-state index contributed by atoms with van der Waals surface area (Å²) in [6.07, 6.45) is 0. The Balaban J connectivity index is 1.91. The van der Waals surface area contributed by atoms with Gasteiger partial charge in [-0.25, -0.2) is 0 Å². The van der Waals surface area contributed by atoms with Crippen LogP contribution < -0.4 is 20.9 Å². The third kappa shape index (κ3) is 4.40. The van der Waals surface area contributed by atoms with E-state index >= 15 is 0 Å². The molecular formula is C20H21ClN4OS. The minimum absolute atomic E-state index is 0.195. The van der Waals surface area contributed by atoms with E-state index in [1.165, 1.54) is 0 Å². The fraction of sp³-hybridized carbons (Fsp3) is 0.200. The summed E-state index contributed by atoms with van der Waals surface area (Å²) in [7, 11) is 3.98. The van der Waals surface area contributed by atoms with E-state index in [1.807, 2.05) is 50.2 Å². The lowest BCUT2D eigenvalue weighted by molar-refractivity contribution is -0.113. The highest BCUT2D eigenvalue weighted by Crippen LogP contribution is 2.29. The Kier molecular flexibility index (Phi) is 5.68. The molecule has 0 unspecified atom stereocenters. The summed E-state index contributed by atoms with van der Waals surface area (Å²) in [5, 5.41) is 10.3. The van der Waals surface area contributed by atoms with Gasteiger partial charge < -0.3 is 20.9 Å². The van der Waals surface area contributed by atoms with Gasteiger partial charge in [0.2, 0.25) is 0 Å². The molecule has 140 valence electrons. The van der Waals surface area contributed by atoms with Crippen LogP contribution in [-0.2, 0) is 4.79 Å². The first-order valence-corrected chi connectivity index (χ1v) is 9.26. The summed E-state index contributed by atoms with van der Waals surface area (Å²) >= 11 is 11.2. The number of amides is 1. The minimum atomic E-state index is -0.331. The van der Waals surface area contributed by atoms with Gasteiger partial charge in [0.05, 0.1) is 11.6 Å². The first kappa shape index (κ1) is 19.2. The molecule has 2 aromatic rings. The summed E-state index contributed by atoms with van der Waals surface area (Å²) in [6, 6.07) is 14.7. The number of carbonyl (C=O) groups is 1. The number of nitrogens with one attached hydrogen (secondary N) is 3. The molecule has 0 aliphatic carbocycles. The van der Waals surface area contributed by atoms with Gasteiger partial charge in [-0.1, -0.05) is 23.7 Å². The highest BCUT2D eigenvalue weighted by Gasteiger charge is 2.29. The summed E-state index contributed by atoms with van der Waals surface area (Å²) in [6.45, 7) is 1.85. The molecule has 3 N–H and O–H groups in total. The fourth-order valence-electron chi connectivity index (χ4n) is 2.94. The zero-order valence-corrected chi connectivity index (χ0v) is 16.9. The number of hydrogen-bond acceptors (Lipinski definition) is 3. The van der Waals surface area contributed by atoms with Gasteiger partial charge in [-0.15, -0.1) is 0 Å². The van der Waals surface area contributed by atoms with Crippen LogP contribution in [0.1, 0.15) is 18.5 Å². The Morgan fingerprint density at radius 1 is 1.11 bits per heavy atom. The summed E-state index contributed by atoms with van der Waals surface area (Å²) in [5.41, 5.74) is 4.05. The van der Waals surface area contributed by atoms with Crippen LogP contribution >= 0.6 is 23.8 Å². The number of rotatable bonds is 4. The van der Waals surface area contributed by atoms with E-state index in [4.69, 9.17) is 23.8 Å². The van der Waals surface area contributed by atoms with Gasteiger partial charge in [0.1, 0.15) is 0 Å². The summed E-state index contributed by atoms with van der Waals surface area (Å²) in [5.74, 6) is -0.195. The number of benzene rings is 2. The Bertz CT molecular complexity index is 891. The number of hydrogen-bond donors (Lipinski definition) is 3. The van der Waals surface area contributed by atoms with Crippen molar-refractivity contribution in [1.29, 1.82) is 0 Å². The van der Waals surface area contributed by atoms with Crippen molar-refractivity contribution in [3.63, 3.8) is 0 Å². The second kappa shape index (κ2) is 7.98. The van der Waals surface area contributed by atoms with Gasteiger partial charge in [-0.3, -0.25) is 4.79 Å². The van der Waals surface area contributed by atoms with Crippen LogP contribution in [0.15, 0.2) is 59.8 Å². The molecule has 1 aliphatic rings. The van der Waals surface area contributed by atoms with E-state index in [-0.39, 0.29) is 11.9 Å². The average molecular weight is 401 g/mol. The van der Waals surface area contributed by atoms with Gasteiger partial charge in [-0.05, 0) is 61.1 Å². The maximum absolute atomic E-state index is 13.0. The first-order chi connectivity index (χ1) is 12.8. The number of thiocarbonyl (C=S) groups is 1. The molecule has 0 fully saturated rings. The smallest absolute Gasteiger partial charge is 0.255 e. The molecule has 2 aromatic carbocycles. The Morgan fingerprint density at radius 3 is 2.33 bits per heavy atom. The van der Waals surface area contributed by atoms with Crippen LogP contribution in [0, 0.1) is 0 Å². The number of nitrogens with zero attached hydrogens (tertiary/aromatic N) is 1. The van der Waals surface area contributed by atoms with Gasteiger partial charge in [0.15, 0.2) is 5.11 Å². The Hall–Kier alpha value is -2.57. The summed E-state index contributed by atoms with van der Waals surface area (Å²) in [4.78, 5) is 15.0. The van der Waals surface area contributed by atoms with E-state index in [1.54, 1.807) is 24.3 Å². The number of anilines is 2. The largest absolute Gasteiger partial charge is 0.378 e. The van der Waals surface area contributed by atoms with E-state index in [2.05, 4.69) is 16.0 Å². The van der Waals surface area contributed by atoms with Crippen LogP contribution in [0.25, 0.3) is 0 Å². The lowest BCUT2D eigenvalue weighted by atomic mass is 9.94. The topological polar surface area (TPSA) is 56.4 Å². The van der Waals surface area contributed by atoms with Crippen molar-refractivity contribution in [1.82, 2.24) is 10.6 Å². The maximum atomic E-state index is 13.0. The molecule has 27 heavy (non-hydrogen) atoms. The van der Waals surface area contributed by atoms with E-state index < -0.39 is 0 Å². The Morgan fingerprint density at radius 2 is 1.74 bits per heavy atom. The molecule has 1 aliphatic heterocycles. The maximum Gasteiger partial charge on any atom is 0.255 e. The zero-order valence-electron chi connectivity index (χ0n) is 15.3. The van der Waals surface area contributed by atoms with Crippen molar-refractivity contribution < 1.29 is 4.79 Å². The molecule has 0 saturated heterocycles. The van der Waals surface area contributed by atoms with Gasteiger partial charge in [0, 0.05) is 36.2 Å². The number of halogens is 1. The predicted octanol–water partition coefficient (Wildman–Crippen LogP) is 3.84. The van der Waals surface area contributed by atoms with Crippen LogP contribution in [0.4, 0.5) is 11.4 Å². The molecule has 0 aromatic heterocycles.